The van der Waals surface area contributed by atoms with Crippen molar-refractivity contribution in [1.82, 2.24) is 4.72 Å². The van der Waals surface area contributed by atoms with Crippen LogP contribution < -0.4 is 10.0 Å². The van der Waals surface area contributed by atoms with Gasteiger partial charge in [-0.05, 0) is 42.5 Å². The van der Waals surface area contributed by atoms with Gasteiger partial charge in [-0.15, -0.1) is 6.58 Å². The molecule has 0 aliphatic rings. The number of hydrogen-bond donors (Lipinski definition) is 2. The number of carbonyl (C=O) groups is 1. The largest absolute Gasteiger partial charge is 0.322 e. The topological polar surface area (TPSA) is 75.3 Å². The molecule has 0 fully saturated rings. The summed E-state index contributed by atoms with van der Waals surface area (Å²) in [6.45, 7) is 3.59. The summed E-state index contributed by atoms with van der Waals surface area (Å²) in [5.41, 5.74) is 0.746. The quantitative estimate of drug-likeness (QED) is 0.745. The molecule has 0 radical (unpaired) electrons. The summed E-state index contributed by atoms with van der Waals surface area (Å²) in [6.07, 6.45) is 1.45. The molecule has 126 valence electrons. The van der Waals surface area contributed by atoms with E-state index in [4.69, 9.17) is 23.2 Å². The molecule has 5 nitrogen and oxygen atoms in total. The number of carbonyl (C=O) groups excluding carboxylic acids is 1. The van der Waals surface area contributed by atoms with Gasteiger partial charge in [0, 0.05) is 27.8 Å². The van der Waals surface area contributed by atoms with E-state index in [9.17, 15) is 13.2 Å². The van der Waals surface area contributed by atoms with Crippen molar-refractivity contribution in [1.29, 1.82) is 0 Å². The fraction of sp³-hybridized carbons (Fsp3) is 0.0625. The number of nitrogens with one attached hydrogen (secondary N) is 2. The first-order chi connectivity index (χ1) is 11.3. The van der Waals surface area contributed by atoms with E-state index in [-0.39, 0.29) is 11.4 Å². The Kier molecular flexibility index (Phi) is 6.01. The molecule has 0 atom stereocenters. The van der Waals surface area contributed by atoms with Crippen molar-refractivity contribution in [3.63, 3.8) is 0 Å². The van der Waals surface area contributed by atoms with Crippen molar-refractivity contribution >= 4 is 44.8 Å². The predicted octanol–water partition coefficient (Wildman–Crippen LogP) is 3.71. The summed E-state index contributed by atoms with van der Waals surface area (Å²) in [6, 6.07) is 10.3. The van der Waals surface area contributed by atoms with E-state index in [1.165, 1.54) is 48.5 Å². The van der Waals surface area contributed by atoms with Crippen LogP contribution in [0.5, 0.6) is 0 Å². The summed E-state index contributed by atoms with van der Waals surface area (Å²) in [4.78, 5) is 12.3. The minimum absolute atomic E-state index is 0.0909. The minimum Gasteiger partial charge on any atom is -0.322 e. The number of sulfonamides is 1. The van der Waals surface area contributed by atoms with Crippen LogP contribution in [0.3, 0.4) is 0 Å². The SMILES string of the molecule is C=CCNS(=O)(=O)c1ccc(NC(=O)c2cc(Cl)cc(Cl)c2)cc1. The highest BCUT2D eigenvalue weighted by atomic mass is 35.5. The van der Waals surface area contributed by atoms with Gasteiger partial charge in [0.2, 0.25) is 10.0 Å². The Morgan fingerprint density at radius 3 is 2.21 bits per heavy atom. The summed E-state index contributed by atoms with van der Waals surface area (Å²) in [7, 11) is -3.60. The Balaban J connectivity index is 2.14. The summed E-state index contributed by atoms with van der Waals surface area (Å²) < 4.78 is 26.3. The van der Waals surface area contributed by atoms with Gasteiger partial charge in [-0.1, -0.05) is 29.3 Å². The molecule has 0 aliphatic carbocycles. The second-order valence-electron chi connectivity index (χ2n) is 4.78. The van der Waals surface area contributed by atoms with Gasteiger partial charge in [-0.2, -0.15) is 0 Å². The second-order valence-corrected chi connectivity index (χ2v) is 7.42. The van der Waals surface area contributed by atoms with Crippen molar-refractivity contribution in [3.05, 3.63) is 70.7 Å². The average Bonchev–Trinajstić information content (AvgIpc) is 2.52. The van der Waals surface area contributed by atoms with E-state index in [1.54, 1.807) is 0 Å². The lowest BCUT2D eigenvalue weighted by Gasteiger charge is -2.08. The summed E-state index contributed by atoms with van der Waals surface area (Å²) in [5.74, 6) is -0.403. The van der Waals surface area contributed by atoms with Crippen LogP contribution in [0.1, 0.15) is 10.4 Å². The van der Waals surface area contributed by atoms with E-state index < -0.39 is 15.9 Å². The van der Waals surface area contributed by atoms with Gasteiger partial charge in [0.15, 0.2) is 0 Å². The standard InChI is InChI=1S/C16H14Cl2N2O3S/c1-2-7-19-24(22,23)15-5-3-14(4-6-15)20-16(21)11-8-12(17)10-13(18)9-11/h2-6,8-10,19H,1,7H2,(H,20,21). The van der Waals surface area contributed by atoms with Gasteiger partial charge < -0.3 is 5.32 Å². The van der Waals surface area contributed by atoms with Gasteiger partial charge >= 0.3 is 0 Å². The number of halogens is 2. The molecule has 0 unspecified atom stereocenters. The van der Waals surface area contributed by atoms with Crippen LogP contribution in [0.25, 0.3) is 0 Å². The van der Waals surface area contributed by atoms with Crippen LogP contribution in [-0.4, -0.2) is 20.9 Å². The van der Waals surface area contributed by atoms with Crippen LogP contribution in [0, 0.1) is 0 Å². The Morgan fingerprint density at radius 2 is 1.67 bits per heavy atom. The van der Waals surface area contributed by atoms with Crippen molar-refractivity contribution in [2.45, 2.75) is 4.90 Å². The van der Waals surface area contributed by atoms with Gasteiger partial charge in [0.25, 0.3) is 5.91 Å². The third-order valence-corrected chi connectivity index (χ3v) is 4.84. The number of amides is 1. The number of anilines is 1. The summed E-state index contributed by atoms with van der Waals surface area (Å²) in [5, 5.41) is 3.35. The molecule has 0 saturated heterocycles. The zero-order valence-corrected chi connectivity index (χ0v) is 14.8. The normalized spacial score (nSPS) is 11.1. The second kappa shape index (κ2) is 7.81. The van der Waals surface area contributed by atoms with E-state index in [0.717, 1.165) is 0 Å². The van der Waals surface area contributed by atoms with Gasteiger partial charge in [0.05, 0.1) is 4.90 Å². The number of hydrogen-bond acceptors (Lipinski definition) is 3. The maximum absolute atomic E-state index is 12.2. The molecule has 2 N–H and O–H groups in total. The van der Waals surface area contributed by atoms with Crippen molar-refractivity contribution in [3.8, 4) is 0 Å². The minimum atomic E-state index is -3.60. The highest BCUT2D eigenvalue weighted by Crippen LogP contribution is 2.20. The lowest BCUT2D eigenvalue weighted by molar-refractivity contribution is 0.102. The maximum atomic E-state index is 12.2. The van der Waals surface area contributed by atoms with Crippen LogP contribution in [0.2, 0.25) is 10.0 Å². The highest BCUT2D eigenvalue weighted by Gasteiger charge is 2.13. The lowest BCUT2D eigenvalue weighted by atomic mass is 10.2. The predicted molar refractivity (Wildman–Crippen MR) is 96.2 cm³/mol. The number of rotatable bonds is 6. The molecule has 0 aliphatic heterocycles. The first-order valence-corrected chi connectivity index (χ1v) is 9.04. The molecule has 8 heteroatoms. The molecule has 0 heterocycles. The van der Waals surface area contributed by atoms with Crippen molar-refractivity contribution in [2.75, 3.05) is 11.9 Å². The summed E-state index contributed by atoms with van der Waals surface area (Å²) >= 11 is 11.7. The Morgan fingerprint density at radius 1 is 1.08 bits per heavy atom. The highest BCUT2D eigenvalue weighted by molar-refractivity contribution is 7.89. The smallest absolute Gasteiger partial charge is 0.255 e. The van der Waals surface area contributed by atoms with Crippen LogP contribution in [0.15, 0.2) is 60.0 Å². The van der Waals surface area contributed by atoms with Crippen molar-refractivity contribution in [2.24, 2.45) is 0 Å². The molecule has 1 amide bonds. The molecule has 2 rings (SSSR count). The van der Waals surface area contributed by atoms with Crippen molar-refractivity contribution < 1.29 is 13.2 Å². The third-order valence-electron chi connectivity index (χ3n) is 2.96. The molecule has 2 aromatic carbocycles. The molecule has 0 bridgehead atoms. The molecular weight excluding hydrogens is 371 g/mol. The van der Waals surface area contributed by atoms with E-state index in [2.05, 4.69) is 16.6 Å². The Labute approximate surface area is 150 Å². The Bertz CT molecular complexity index is 845. The van der Waals surface area contributed by atoms with Gasteiger partial charge in [0.1, 0.15) is 0 Å². The first-order valence-electron chi connectivity index (χ1n) is 6.80. The maximum Gasteiger partial charge on any atom is 0.255 e. The lowest BCUT2D eigenvalue weighted by Crippen LogP contribution is -2.23. The third kappa shape index (κ3) is 4.82. The fourth-order valence-electron chi connectivity index (χ4n) is 1.86. The molecule has 0 saturated carbocycles. The van der Waals surface area contributed by atoms with Crippen LogP contribution >= 0.6 is 23.2 Å². The fourth-order valence-corrected chi connectivity index (χ4v) is 3.38. The molecule has 0 spiro atoms. The molecular formula is C16H14Cl2N2O3S. The number of benzene rings is 2. The van der Waals surface area contributed by atoms with Gasteiger partial charge in [-0.25, -0.2) is 13.1 Å². The monoisotopic (exact) mass is 384 g/mol. The Hall–Kier alpha value is -1.86. The zero-order valence-electron chi connectivity index (χ0n) is 12.4. The zero-order chi connectivity index (χ0) is 17.7. The first kappa shape index (κ1) is 18.5. The molecule has 0 aromatic heterocycles. The van der Waals surface area contributed by atoms with E-state index in [1.807, 2.05) is 0 Å². The van der Waals surface area contributed by atoms with Gasteiger partial charge in [-0.3, -0.25) is 4.79 Å². The average molecular weight is 385 g/mol. The van der Waals surface area contributed by atoms with Crippen LogP contribution in [-0.2, 0) is 10.0 Å². The van der Waals surface area contributed by atoms with E-state index >= 15 is 0 Å². The van der Waals surface area contributed by atoms with Crippen LogP contribution in [0.4, 0.5) is 5.69 Å². The van der Waals surface area contributed by atoms with E-state index in [0.29, 0.717) is 21.3 Å². The molecule has 24 heavy (non-hydrogen) atoms. The molecule has 2 aromatic rings.